The SMILES string of the molecule is CCCc1ccc(OCC(=O)O)c(Nc2ccc(S(C)(=O)=O)cc2)c1. The van der Waals surface area contributed by atoms with E-state index in [0.717, 1.165) is 24.7 Å². The monoisotopic (exact) mass is 363 g/mol. The fourth-order valence-corrected chi connectivity index (χ4v) is 2.96. The summed E-state index contributed by atoms with van der Waals surface area (Å²) in [6, 6.07) is 11.9. The molecule has 0 aliphatic carbocycles. The number of carboxylic acids is 1. The summed E-state index contributed by atoms with van der Waals surface area (Å²) in [6.07, 6.45) is 3.03. The molecular formula is C18H21NO5S. The van der Waals surface area contributed by atoms with Gasteiger partial charge in [-0.25, -0.2) is 13.2 Å². The number of sulfone groups is 1. The number of carbonyl (C=O) groups is 1. The number of aryl methyl sites for hydroxylation is 1. The number of hydrogen-bond acceptors (Lipinski definition) is 5. The molecule has 0 bridgehead atoms. The Morgan fingerprint density at radius 3 is 2.40 bits per heavy atom. The van der Waals surface area contributed by atoms with Crippen LogP contribution in [0, 0.1) is 0 Å². The lowest BCUT2D eigenvalue weighted by atomic mass is 10.1. The normalized spacial score (nSPS) is 11.1. The summed E-state index contributed by atoms with van der Waals surface area (Å²) < 4.78 is 28.4. The molecule has 0 radical (unpaired) electrons. The minimum absolute atomic E-state index is 0.236. The first-order valence-corrected chi connectivity index (χ1v) is 9.73. The van der Waals surface area contributed by atoms with Crippen molar-refractivity contribution in [3.8, 4) is 5.75 Å². The maximum atomic E-state index is 11.5. The van der Waals surface area contributed by atoms with Crippen molar-refractivity contribution in [2.75, 3.05) is 18.2 Å². The molecule has 25 heavy (non-hydrogen) atoms. The van der Waals surface area contributed by atoms with Crippen molar-refractivity contribution in [3.05, 3.63) is 48.0 Å². The fourth-order valence-electron chi connectivity index (χ4n) is 2.33. The van der Waals surface area contributed by atoms with Crippen LogP contribution in [0.2, 0.25) is 0 Å². The van der Waals surface area contributed by atoms with E-state index in [0.29, 0.717) is 17.1 Å². The van der Waals surface area contributed by atoms with Crippen LogP contribution in [0.1, 0.15) is 18.9 Å². The van der Waals surface area contributed by atoms with E-state index in [4.69, 9.17) is 9.84 Å². The number of rotatable bonds is 8. The number of hydrogen-bond donors (Lipinski definition) is 2. The topological polar surface area (TPSA) is 92.7 Å². The third kappa shape index (κ3) is 5.49. The van der Waals surface area contributed by atoms with Crippen LogP contribution in [0.25, 0.3) is 0 Å². The predicted molar refractivity (Wildman–Crippen MR) is 96.4 cm³/mol. The van der Waals surface area contributed by atoms with Crippen LogP contribution >= 0.6 is 0 Å². The van der Waals surface area contributed by atoms with E-state index in [2.05, 4.69) is 12.2 Å². The van der Waals surface area contributed by atoms with E-state index in [-0.39, 0.29) is 4.90 Å². The summed E-state index contributed by atoms with van der Waals surface area (Å²) in [5.41, 5.74) is 2.42. The average molecular weight is 363 g/mol. The first-order valence-electron chi connectivity index (χ1n) is 7.84. The Labute approximate surface area is 147 Å². The molecule has 0 saturated heterocycles. The molecule has 7 heteroatoms. The van der Waals surface area contributed by atoms with Crippen molar-refractivity contribution in [2.45, 2.75) is 24.7 Å². The predicted octanol–water partition coefficient (Wildman–Crippen LogP) is 3.25. The highest BCUT2D eigenvalue weighted by atomic mass is 32.2. The van der Waals surface area contributed by atoms with Gasteiger partial charge in [0, 0.05) is 11.9 Å². The molecule has 0 aliphatic heterocycles. The second-order valence-corrected chi connectivity index (χ2v) is 7.70. The molecule has 2 rings (SSSR count). The molecule has 0 amide bonds. The number of carboxylic acid groups (broad SMARTS) is 1. The van der Waals surface area contributed by atoms with Gasteiger partial charge in [0.1, 0.15) is 5.75 Å². The van der Waals surface area contributed by atoms with Gasteiger partial charge in [0.05, 0.1) is 10.6 Å². The minimum atomic E-state index is -3.25. The molecule has 0 aromatic heterocycles. The lowest BCUT2D eigenvalue weighted by Crippen LogP contribution is -2.10. The second-order valence-electron chi connectivity index (χ2n) is 5.68. The number of nitrogens with one attached hydrogen (secondary N) is 1. The van der Waals surface area contributed by atoms with Crippen molar-refractivity contribution in [1.82, 2.24) is 0 Å². The van der Waals surface area contributed by atoms with Gasteiger partial charge < -0.3 is 15.2 Å². The molecule has 0 saturated carbocycles. The van der Waals surface area contributed by atoms with Crippen LogP contribution in [-0.4, -0.2) is 32.4 Å². The van der Waals surface area contributed by atoms with Gasteiger partial charge in [0.2, 0.25) is 0 Å². The van der Waals surface area contributed by atoms with Gasteiger partial charge in [0.15, 0.2) is 16.4 Å². The number of anilines is 2. The van der Waals surface area contributed by atoms with Gasteiger partial charge in [0.25, 0.3) is 0 Å². The van der Waals surface area contributed by atoms with Crippen molar-refractivity contribution in [3.63, 3.8) is 0 Å². The van der Waals surface area contributed by atoms with Crippen LogP contribution in [0.3, 0.4) is 0 Å². The largest absolute Gasteiger partial charge is 0.480 e. The smallest absolute Gasteiger partial charge is 0.341 e. The van der Waals surface area contributed by atoms with Crippen LogP contribution in [0.15, 0.2) is 47.4 Å². The molecule has 0 unspecified atom stereocenters. The lowest BCUT2D eigenvalue weighted by molar-refractivity contribution is -0.139. The average Bonchev–Trinajstić information content (AvgIpc) is 2.54. The van der Waals surface area contributed by atoms with Gasteiger partial charge >= 0.3 is 5.97 Å². The molecular weight excluding hydrogens is 342 g/mol. The van der Waals surface area contributed by atoms with Gasteiger partial charge in [-0.3, -0.25) is 0 Å². The summed E-state index contributed by atoms with van der Waals surface area (Å²) in [5.74, 6) is -0.629. The minimum Gasteiger partial charge on any atom is -0.480 e. The van der Waals surface area contributed by atoms with E-state index < -0.39 is 22.4 Å². The summed E-state index contributed by atoms with van der Waals surface area (Å²) >= 11 is 0. The Kier molecular flexibility index (Phi) is 6.03. The highest BCUT2D eigenvalue weighted by Gasteiger charge is 2.10. The van der Waals surface area contributed by atoms with Crippen LogP contribution in [0.5, 0.6) is 5.75 Å². The number of ether oxygens (including phenoxy) is 1. The van der Waals surface area contributed by atoms with Gasteiger partial charge in [-0.05, 0) is 48.4 Å². The number of benzene rings is 2. The van der Waals surface area contributed by atoms with Gasteiger partial charge in [-0.2, -0.15) is 0 Å². The first-order chi connectivity index (χ1) is 11.8. The maximum Gasteiger partial charge on any atom is 0.341 e. The van der Waals surface area contributed by atoms with Gasteiger partial charge in [-0.1, -0.05) is 19.4 Å². The molecule has 0 heterocycles. The Bertz CT molecular complexity index is 844. The lowest BCUT2D eigenvalue weighted by Gasteiger charge is -2.14. The van der Waals surface area contributed by atoms with E-state index >= 15 is 0 Å². The third-order valence-corrected chi connectivity index (χ3v) is 4.62. The highest BCUT2D eigenvalue weighted by molar-refractivity contribution is 7.90. The van der Waals surface area contributed by atoms with E-state index in [1.54, 1.807) is 18.2 Å². The molecule has 6 nitrogen and oxygen atoms in total. The van der Waals surface area contributed by atoms with E-state index in [1.807, 2.05) is 12.1 Å². The quantitative estimate of drug-likeness (QED) is 0.748. The molecule has 2 aromatic carbocycles. The standard InChI is InChI=1S/C18H21NO5S/c1-3-4-13-5-10-17(24-12-18(20)21)16(11-13)19-14-6-8-15(9-7-14)25(2,22)23/h5-11,19H,3-4,12H2,1-2H3,(H,20,21). The van der Waals surface area contributed by atoms with Crippen molar-refractivity contribution in [1.29, 1.82) is 0 Å². The van der Waals surface area contributed by atoms with Crippen LogP contribution < -0.4 is 10.1 Å². The van der Waals surface area contributed by atoms with Gasteiger partial charge in [-0.15, -0.1) is 0 Å². The zero-order valence-corrected chi connectivity index (χ0v) is 15.0. The van der Waals surface area contributed by atoms with E-state index in [1.165, 1.54) is 12.1 Å². The zero-order chi connectivity index (χ0) is 18.4. The summed E-state index contributed by atoms with van der Waals surface area (Å²) in [5, 5.41) is 12.0. The summed E-state index contributed by atoms with van der Waals surface area (Å²) in [6.45, 7) is 1.64. The fraction of sp³-hybridized carbons (Fsp3) is 0.278. The maximum absolute atomic E-state index is 11.5. The molecule has 2 N–H and O–H groups in total. The molecule has 134 valence electrons. The summed E-state index contributed by atoms with van der Waals surface area (Å²) in [7, 11) is -3.25. The van der Waals surface area contributed by atoms with E-state index in [9.17, 15) is 13.2 Å². The molecule has 0 aliphatic rings. The highest BCUT2D eigenvalue weighted by Crippen LogP contribution is 2.30. The zero-order valence-electron chi connectivity index (χ0n) is 14.2. The van der Waals surface area contributed by atoms with Crippen molar-refractivity contribution >= 4 is 27.2 Å². The molecule has 2 aromatic rings. The van der Waals surface area contributed by atoms with Crippen molar-refractivity contribution < 1.29 is 23.1 Å². The van der Waals surface area contributed by atoms with Crippen LogP contribution in [-0.2, 0) is 21.1 Å². The summed E-state index contributed by atoms with van der Waals surface area (Å²) in [4.78, 5) is 11.0. The van der Waals surface area contributed by atoms with Crippen LogP contribution in [0.4, 0.5) is 11.4 Å². The second kappa shape index (κ2) is 8.02. The Balaban J connectivity index is 2.28. The molecule has 0 fully saturated rings. The Morgan fingerprint density at radius 2 is 1.84 bits per heavy atom. The Morgan fingerprint density at radius 1 is 1.16 bits per heavy atom. The van der Waals surface area contributed by atoms with Crippen molar-refractivity contribution in [2.24, 2.45) is 0 Å². The molecule has 0 spiro atoms. The Hall–Kier alpha value is -2.54. The first kappa shape index (κ1) is 18.8. The third-order valence-electron chi connectivity index (χ3n) is 3.50. The molecule has 0 atom stereocenters. The number of aliphatic carboxylic acids is 1.